The highest BCUT2D eigenvalue weighted by Crippen LogP contribution is 2.38. The van der Waals surface area contributed by atoms with Crippen LogP contribution < -0.4 is 14.8 Å². The van der Waals surface area contributed by atoms with Crippen molar-refractivity contribution in [3.63, 3.8) is 0 Å². The molecule has 0 spiro atoms. The number of hydrogen-bond donors (Lipinski definition) is 1. The van der Waals surface area contributed by atoms with E-state index in [1.807, 2.05) is 0 Å². The minimum atomic E-state index is 0.155. The first-order valence-corrected chi connectivity index (χ1v) is 7.58. The Hall–Kier alpha value is -0.740. The SMILES string of the molecule is CC(C)(C)NCCc1cc(Br)c2c(c1)OCCCO2. The highest BCUT2D eigenvalue weighted by Gasteiger charge is 2.15. The van der Waals surface area contributed by atoms with Crippen LogP contribution >= 0.6 is 15.9 Å². The van der Waals surface area contributed by atoms with Crippen LogP contribution in [0.2, 0.25) is 0 Å². The Morgan fingerprint density at radius 2 is 1.95 bits per heavy atom. The number of halogens is 1. The second-order valence-electron chi connectivity index (χ2n) is 5.88. The van der Waals surface area contributed by atoms with Crippen LogP contribution in [-0.4, -0.2) is 25.3 Å². The zero-order chi connectivity index (χ0) is 13.9. The second kappa shape index (κ2) is 6.14. The van der Waals surface area contributed by atoms with Crippen molar-refractivity contribution in [3.8, 4) is 11.5 Å². The summed E-state index contributed by atoms with van der Waals surface area (Å²) in [7, 11) is 0. The summed E-state index contributed by atoms with van der Waals surface area (Å²) >= 11 is 3.57. The first-order chi connectivity index (χ1) is 8.96. The topological polar surface area (TPSA) is 30.5 Å². The summed E-state index contributed by atoms with van der Waals surface area (Å²) in [5.41, 5.74) is 1.41. The van der Waals surface area contributed by atoms with Gasteiger partial charge in [0.25, 0.3) is 0 Å². The molecule has 2 rings (SSSR count). The van der Waals surface area contributed by atoms with Crippen LogP contribution in [0, 0.1) is 0 Å². The first kappa shape index (κ1) is 14.7. The molecule has 1 aliphatic heterocycles. The van der Waals surface area contributed by atoms with Crippen molar-refractivity contribution in [2.75, 3.05) is 19.8 Å². The molecule has 1 aromatic rings. The van der Waals surface area contributed by atoms with Gasteiger partial charge in [0, 0.05) is 12.0 Å². The van der Waals surface area contributed by atoms with E-state index in [2.05, 4.69) is 54.2 Å². The monoisotopic (exact) mass is 327 g/mol. The van der Waals surface area contributed by atoms with Gasteiger partial charge in [-0.05, 0) is 67.4 Å². The molecule has 0 saturated carbocycles. The molecule has 1 N–H and O–H groups in total. The van der Waals surface area contributed by atoms with Crippen molar-refractivity contribution in [1.29, 1.82) is 0 Å². The zero-order valence-corrected chi connectivity index (χ0v) is 13.5. The summed E-state index contributed by atoms with van der Waals surface area (Å²) in [5.74, 6) is 1.70. The van der Waals surface area contributed by atoms with E-state index in [0.29, 0.717) is 0 Å². The maximum atomic E-state index is 5.74. The average Bonchev–Trinajstić information content (AvgIpc) is 2.52. The van der Waals surface area contributed by atoms with Gasteiger partial charge in [0.2, 0.25) is 0 Å². The molecule has 0 saturated heterocycles. The van der Waals surface area contributed by atoms with E-state index < -0.39 is 0 Å². The number of benzene rings is 1. The van der Waals surface area contributed by atoms with Gasteiger partial charge >= 0.3 is 0 Å². The largest absolute Gasteiger partial charge is 0.490 e. The fourth-order valence-electron chi connectivity index (χ4n) is 2.01. The summed E-state index contributed by atoms with van der Waals surface area (Å²) in [5, 5.41) is 3.49. The Morgan fingerprint density at radius 3 is 2.68 bits per heavy atom. The van der Waals surface area contributed by atoms with E-state index >= 15 is 0 Å². The summed E-state index contributed by atoms with van der Waals surface area (Å²) < 4.78 is 12.4. The quantitative estimate of drug-likeness (QED) is 0.921. The van der Waals surface area contributed by atoms with Crippen molar-refractivity contribution in [2.45, 2.75) is 39.2 Å². The lowest BCUT2D eigenvalue weighted by Crippen LogP contribution is -2.37. The van der Waals surface area contributed by atoms with Gasteiger partial charge < -0.3 is 14.8 Å². The van der Waals surface area contributed by atoms with Crippen molar-refractivity contribution in [2.24, 2.45) is 0 Å². The molecule has 19 heavy (non-hydrogen) atoms. The molecule has 0 radical (unpaired) electrons. The van der Waals surface area contributed by atoms with Crippen LogP contribution in [0.4, 0.5) is 0 Å². The third-order valence-electron chi connectivity index (χ3n) is 2.93. The predicted molar refractivity (Wildman–Crippen MR) is 81.2 cm³/mol. The molecule has 0 aromatic heterocycles. The van der Waals surface area contributed by atoms with E-state index in [1.54, 1.807) is 0 Å². The van der Waals surface area contributed by atoms with Gasteiger partial charge in [-0.25, -0.2) is 0 Å². The van der Waals surface area contributed by atoms with Crippen LogP contribution in [-0.2, 0) is 6.42 Å². The molecule has 0 atom stereocenters. The lowest BCUT2D eigenvalue weighted by Gasteiger charge is -2.20. The second-order valence-corrected chi connectivity index (χ2v) is 6.74. The fraction of sp³-hybridized carbons (Fsp3) is 0.600. The molecule has 0 aliphatic carbocycles. The lowest BCUT2D eigenvalue weighted by atomic mass is 10.1. The van der Waals surface area contributed by atoms with Crippen LogP contribution in [0.5, 0.6) is 11.5 Å². The molecular formula is C15H22BrNO2. The minimum Gasteiger partial charge on any atom is -0.490 e. The standard InChI is InChI=1S/C15H22BrNO2/c1-15(2,3)17-6-5-11-9-12(16)14-13(10-11)18-7-4-8-19-14/h9-10,17H,4-8H2,1-3H3. The molecule has 4 heteroatoms. The van der Waals surface area contributed by atoms with Crippen LogP contribution in [0.1, 0.15) is 32.8 Å². The molecule has 0 fully saturated rings. The maximum Gasteiger partial charge on any atom is 0.175 e. The van der Waals surface area contributed by atoms with Gasteiger partial charge in [0.05, 0.1) is 17.7 Å². The molecule has 0 bridgehead atoms. The number of ether oxygens (including phenoxy) is 2. The first-order valence-electron chi connectivity index (χ1n) is 6.79. The molecule has 1 aromatic carbocycles. The van der Waals surface area contributed by atoms with Gasteiger partial charge in [-0.15, -0.1) is 0 Å². The lowest BCUT2D eigenvalue weighted by molar-refractivity contribution is 0.296. The third kappa shape index (κ3) is 4.39. The van der Waals surface area contributed by atoms with Crippen molar-refractivity contribution in [3.05, 3.63) is 22.2 Å². The Labute approximate surface area is 123 Å². The smallest absolute Gasteiger partial charge is 0.175 e. The Bertz CT molecular complexity index is 441. The molecule has 3 nitrogen and oxygen atoms in total. The highest BCUT2D eigenvalue weighted by molar-refractivity contribution is 9.10. The third-order valence-corrected chi connectivity index (χ3v) is 3.52. The summed E-state index contributed by atoms with van der Waals surface area (Å²) in [6.45, 7) is 8.93. The Morgan fingerprint density at radius 1 is 1.21 bits per heavy atom. The van der Waals surface area contributed by atoms with Crippen molar-refractivity contribution < 1.29 is 9.47 Å². The van der Waals surface area contributed by atoms with Crippen LogP contribution in [0.15, 0.2) is 16.6 Å². The van der Waals surface area contributed by atoms with E-state index in [-0.39, 0.29) is 5.54 Å². The van der Waals surface area contributed by atoms with Gasteiger partial charge in [0.1, 0.15) is 0 Å². The van der Waals surface area contributed by atoms with Crippen molar-refractivity contribution in [1.82, 2.24) is 5.32 Å². The predicted octanol–water partition coefficient (Wildman–Crippen LogP) is 3.54. The Balaban J connectivity index is 2.06. The van der Waals surface area contributed by atoms with Crippen LogP contribution in [0.3, 0.4) is 0 Å². The Kier molecular flexibility index (Phi) is 4.74. The summed E-state index contributed by atoms with van der Waals surface area (Å²) in [6.07, 6.45) is 1.91. The average molecular weight is 328 g/mol. The zero-order valence-electron chi connectivity index (χ0n) is 11.9. The maximum absolute atomic E-state index is 5.74. The van der Waals surface area contributed by atoms with E-state index in [0.717, 1.165) is 48.6 Å². The van der Waals surface area contributed by atoms with Gasteiger partial charge in [-0.1, -0.05) is 0 Å². The highest BCUT2D eigenvalue weighted by atomic mass is 79.9. The minimum absolute atomic E-state index is 0.155. The van der Waals surface area contributed by atoms with Crippen molar-refractivity contribution >= 4 is 15.9 Å². The molecule has 1 heterocycles. The summed E-state index contributed by atoms with van der Waals surface area (Å²) in [6, 6.07) is 4.22. The summed E-state index contributed by atoms with van der Waals surface area (Å²) in [4.78, 5) is 0. The van der Waals surface area contributed by atoms with Gasteiger partial charge in [-0.2, -0.15) is 0 Å². The molecule has 106 valence electrons. The number of nitrogens with one attached hydrogen (secondary N) is 1. The van der Waals surface area contributed by atoms with E-state index in [1.165, 1.54) is 5.56 Å². The normalized spacial score (nSPS) is 15.2. The van der Waals surface area contributed by atoms with Gasteiger partial charge in [0.15, 0.2) is 11.5 Å². The van der Waals surface area contributed by atoms with E-state index in [9.17, 15) is 0 Å². The fourth-order valence-corrected chi connectivity index (χ4v) is 2.61. The molecular weight excluding hydrogens is 306 g/mol. The molecule has 0 amide bonds. The number of hydrogen-bond acceptors (Lipinski definition) is 3. The van der Waals surface area contributed by atoms with Crippen LogP contribution in [0.25, 0.3) is 0 Å². The number of fused-ring (bicyclic) bond motifs is 1. The molecule has 0 unspecified atom stereocenters. The molecule has 1 aliphatic rings. The van der Waals surface area contributed by atoms with E-state index in [4.69, 9.17) is 9.47 Å². The van der Waals surface area contributed by atoms with Gasteiger partial charge in [-0.3, -0.25) is 0 Å². The number of rotatable bonds is 3.